The number of alkyl halides is 3. The Bertz CT molecular complexity index is 285. The standard InChI is InChI=1S/C15H27F3N2/c16-15(17,18)9-4-5-11-20-12-6-10-19-14(13-20)7-2-1-3-8-14/h19H,1-13H2. The van der Waals surface area contributed by atoms with Gasteiger partial charge >= 0.3 is 6.18 Å². The zero-order chi connectivity index (χ0) is 14.5. The van der Waals surface area contributed by atoms with Crippen molar-refractivity contribution in [2.75, 3.05) is 26.2 Å². The second kappa shape index (κ2) is 7.12. The summed E-state index contributed by atoms with van der Waals surface area (Å²) in [6, 6.07) is 0. The van der Waals surface area contributed by atoms with E-state index in [-0.39, 0.29) is 12.0 Å². The monoisotopic (exact) mass is 292 g/mol. The summed E-state index contributed by atoms with van der Waals surface area (Å²) >= 11 is 0. The van der Waals surface area contributed by atoms with Gasteiger partial charge in [0.15, 0.2) is 0 Å². The summed E-state index contributed by atoms with van der Waals surface area (Å²) < 4.78 is 36.4. The number of nitrogens with zero attached hydrogens (tertiary/aromatic N) is 1. The van der Waals surface area contributed by atoms with Crippen molar-refractivity contribution in [1.82, 2.24) is 10.2 Å². The molecular formula is C15H27F3N2. The van der Waals surface area contributed by atoms with Gasteiger partial charge < -0.3 is 10.2 Å². The molecular weight excluding hydrogens is 265 g/mol. The molecule has 0 amide bonds. The van der Waals surface area contributed by atoms with Gasteiger partial charge in [0.2, 0.25) is 0 Å². The van der Waals surface area contributed by atoms with E-state index < -0.39 is 12.6 Å². The van der Waals surface area contributed by atoms with Crippen molar-refractivity contribution < 1.29 is 13.2 Å². The molecule has 1 N–H and O–H groups in total. The Morgan fingerprint density at radius 1 is 1.00 bits per heavy atom. The molecule has 2 rings (SSSR count). The van der Waals surface area contributed by atoms with Crippen LogP contribution in [0.2, 0.25) is 0 Å². The molecule has 0 aromatic rings. The lowest BCUT2D eigenvalue weighted by Gasteiger charge is -2.40. The maximum atomic E-state index is 12.1. The van der Waals surface area contributed by atoms with E-state index in [1.165, 1.54) is 32.1 Å². The third-order valence-electron chi connectivity index (χ3n) is 4.67. The van der Waals surface area contributed by atoms with Crippen LogP contribution >= 0.6 is 0 Å². The fourth-order valence-corrected chi connectivity index (χ4v) is 3.63. The molecule has 0 aromatic heterocycles. The summed E-state index contributed by atoms with van der Waals surface area (Å²) in [5.41, 5.74) is 0.249. The highest BCUT2D eigenvalue weighted by Gasteiger charge is 2.34. The second-order valence-electron chi connectivity index (χ2n) is 6.47. The highest BCUT2D eigenvalue weighted by atomic mass is 19.4. The minimum Gasteiger partial charge on any atom is -0.310 e. The Balaban J connectivity index is 1.75. The van der Waals surface area contributed by atoms with Crippen molar-refractivity contribution in [1.29, 1.82) is 0 Å². The van der Waals surface area contributed by atoms with E-state index in [2.05, 4.69) is 10.2 Å². The molecule has 1 saturated carbocycles. The lowest BCUT2D eigenvalue weighted by atomic mass is 9.81. The first kappa shape index (κ1) is 16.1. The summed E-state index contributed by atoms with van der Waals surface area (Å²) in [5.74, 6) is 0. The van der Waals surface area contributed by atoms with E-state index in [9.17, 15) is 13.2 Å². The molecule has 118 valence electrons. The smallest absolute Gasteiger partial charge is 0.310 e. The zero-order valence-electron chi connectivity index (χ0n) is 12.3. The van der Waals surface area contributed by atoms with Gasteiger partial charge in [-0.3, -0.25) is 0 Å². The number of unbranched alkanes of at least 4 members (excludes halogenated alkanes) is 1. The SMILES string of the molecule is FC(F)(F)CCCCN1CCCNC2(CCCCC2)C1. The maximum Gasteiger partial charge on any atom is 0.389 e. The van der Waals surface area contributed by atoms with Crippen molar-refractivity contribution in [2.45, 2.75) is 69.5 Å². The third kappa shape index (κ3) is 5.24. The normalized spacial score (nSPS) is 24.8. The van der Waals surface area contributed by atoms with Gasteiger partial charge in [-0.1, -0.05) is 19.3 Å². The van der Waals surface area contributed by atoms with Crippen LogP contribution in [0, 0.1) is 0 Å². The van der Waals surface area contributed by atoms with Crippen LogP contribution in [0.25, 0.3) is 0 Å². The Labute approximate surface area is 120 Å². The van der Waals surface area contributed by atoms with Crippen molar-refractivity contribution in [3.8, 4) is 0 Å². The quantitative estimate of drug-likeness (QED) is 0.795. The Kier molecular flexibility index (Phi) is 5.73. The first-order chi connectivity index (χ1) is 9.49. The van der Waals surface area contributed by atoms with Crippen LogP contribution < -0.4 is 5.32 Å². The lowest BCUT2D eigenvalue weighted by molar-refractivity contribution is -0.135. The molecule has 0 unspecified atom stereocenters. The highest BCUT2D eigenvalue weighted by molar-refractivity contribution is 4.95. The van der Waals surface area contributed by atoms with Crippen molar-refractivity contribution in [3.05, 3.63) is 0 Å². The molecule has 2 fully saturated rings. The van der Waals surface area contributed by atoms with Gasteiger partial charge in [0.05, 0.1) is 0 Å². The first-order valence-electron chi connectivity index (χ1n) is 8.03. The molecule has 0 radical (unpaired) electrons. The van der Waals surface area contributed by atoms with E-state index in [0.29, 0.717) is 6.42 Å². The fraction of sp³-hybridized carbons (Fsp3) is 1.00. The predicted molar refractivity (Wildman–Crippen MR) is 74.8 cm³/mol. The van der Waals surface area contributed by atoms with Crippen molar-refractivity contribution in [2.24, 2.45) is 0 Å². The first-order valence-corrected chi connectivity index (χ1v) is 8.03. The van der Waals surface area contributed by atoms with Gasteiger partial charge in [0.25, 0.3) is 0 Å². The van der Waals surface area contributed by atoms with Crippen LogP contribution in [-0.4, -0.2) is 42.8 Å². The van der Waals surface area contributed by atoms with Gasteiger partial charge in [0.1, 0.15) is 0 Å². The summed E-state index contributed by atoms with van der Waals surface area (Å²) in [7, 11) is 0. The van der Waals surface area contributed by atoms with Gasteiger partial charge in [-0.25, -0.2) is 0 Å². The average Bonchev–Trinajstić information content (AvgIpc) is 2.57. The van der Waals surface area contributed by atoms with Crippen molar-refractivity contribution in [3.63, 3.8) is 0 Å². The Hall–Kier alpha value is -0.290. The lowest BCUT2D eigenvalue weighted by Crippen LogP contribution is -2.52. The molecule has 0 bridgehead atoms. The summed E-state index contributed by atoms with van der Waals surface area (Å²) in [6.45, 7) is 3.93. The van der Waals surface area contributed by atoms with Crippen molar-refractivity contribution >= 4 is 0 Å². The van der Waals surface area contributed by atoms with Crippen LogP contribution in [-0.2, 0) is 0 Å². The largest absolute Gasteiger partial charge is 0.389 e. The predicted octanol–water partition coefficient (Wildman–Crippen LogP) is 3.72. The molecule has 1 aliphatic heterocycles. The van der Waals surface area contributed by atoms with Gasteiger partial charge in [-0.05, 0) is 51.7 Å². The third-order valence-corrected chi connectivity index (χ3v) is 4.67. The average molecular weight is 292 g/mol. The minimum atomic E-state index is -4.00. The van der Waals surface area contributed by atoms with E-state index in [1.54, 1.807) is 0 Å². The topological polar surface area (TPSA) is 15.3 Å². The molecule has 1 spiro atoms. The molecule has 1 saturated heterocycles. The molecule has 2 aliphatic rings. The molecule has 2 nitrogen and oxygen atoms in total. The highest BCUT2D eigenvalue weighted by Crippen LogP contribution is 2.30. The summed E-state index contributed by atoms with van der Waals surface area (Å²) in [5, 5.41) is 3.72. The fourth-order valence-electron chi connectivity index (χ4n) is 3.63. The van der Waals surface area contributed by atoms with Gasteiger partial charge in [0, 0.05) is 18.5 Å². The Morgan fingerprint density at radius 3 is 2.45 bits per heavy atom. The van der Waals surface area contributed by atoms with Crippen LogP contribution in [0.5, 0.6) is 0 Å². The number of hydrogen-bond acceptors (Lipinski definition) is 2. The molecule has 1 heterocycles. The molecule has 0 aromatic carbocycles. The van der Waals surface area contributed by atoms with Crippen LogP contribution in [0.1, 0.15) is 57.8 Å². The number of nitrogens with one attached hydrogen (secondary N) is 1. The number of halogens is 3. The Morgan fingerprint density at radius 2 is 1.75 bits per heavy atom. The zero-order valence-corrected chi connectivity index (χ0v) is 12.3. The van der Waals surface area contributed by atoms with E-state index >= 15 is 0 Å². The number of rotatable bonds is 4. The van der Waals surface area contributed by atoms with Crippen LogP contribution in [0.15, 0.2) is 0 Å². The summed E-state index contributed by atoms with van der Waals surface area (Å²) in [6.07, 6.45) is 3.77. The van der Waals surface area contributed by atoms with Gasteiger partial charge in [-0.15, -0.1) is 0 Å². The molecule has 5 heteroatoms. The molecule has 20 heavy (non-hydrogen) atoms. The van der Waals surface area contributed by atoms with Crippen LogP contribution in [0.4, 0.5) is 13.2 Å². The second-order valence-corrected chi connectivity index (χ2v) is 6.47. The number of hydrogen-bond donors (Lipinski definition) is 1. The minimum absolute atomic E-state index is 0.249. The molecule has 1 aliphatic carbocycles. The van der Waals surface area contributed by atoms with E-state index in [0.717, 1.165) is 32.6 Å². The van der Waals surface area contributed by atoms with Crippen LogP contribution in [0.3, 0.4) is 0 Å². The van der Waals surface area contributed by atoms with E-state index in [4.69, 9.17) is 0 Å². The maximum absolute atomic E-state index is 12.1. The summed E-state index contributed by atoms with van der Waals surface area (Å²) in [4.78, 5) is 2.39. The molecule has 0 atom stereocenters. The van der Waals surface area contributed by atoms with Gasteiger partial charge in [-0.2, -0.15) is 13.2 Å². The van der Waals surface area contributed by atoms with E-state index in [1.807, 2.05) is 0 Å².